The second-order valence-corrected chi connectivity index (χ2v) is 6.19. The van der Waals surface area contributed by atoms with Crippen molar-refractivity contribution in [1.29, 1.82) is 0 Å². The number of hydrogen-bond acceptors (Lipinski definition) is 0. The van der Waals surface area contributed by atoms with Gasteiger partial charge >= 0.3 is 0 Å². The Hall–Kier alpha value is -2.62. The van der Waals surface area contributed by atoms with Crippen LogP contribution >= 0.6 is 0 Å². The number of benzene rings is 3. The van der Waals surface area contributed by atoms with E-state index < -0.39 is 23.3 Å². The van der Waals surface area contributed by atoms with Crippen molar-refractivity contribution >= 4 is 0 Å². The topological polar surface area (TPSA) is 0 Å². The summed E-state index contributed by atoms with van der Waals surface area (Å²) in [5, 5.41) is 0. The molecule has 0 saturated carbocycles. The zero-order chi connectivity index (χ0) is 18.1. The second-order valence-electron chi connectivity index (χ2n) is 6.19. The van der Waals surface area contributed by atoms with Crippen molar-refractivity contribution in [3.05, 3.63) is 94.1 Å². The fourth-order valence-electron chi connectivity index (χ4n) is 2.83. The first-order chi connectivity index (χ1) is 11.8. The highest BCUT2D eigenvalue weighted by Gasteiger charge is 2.14. The monoisotopic (exact) mass is 344 g/mol. The molecule has 0 aliphatic carbocycles. The van der Waals surface area contributed by atoms with Crippen LogP contribution in [0.2, 0.25) is 0 Å². The van der Waals surface area contributed by atoms with E-state index in [9.17, 15) is 17.6 Å². The Balaban J connectivity index is 2.02. The van der Waals surface area contributed by atoms with E-state index in [1.165, 1.54) is 13.0 Å². The summed E-state index contributed by atoms with van der Waals surface area (Å²) in [6.45, 7) is 3.37. The van der Waals surface area contributed by atoms with Gasteiger partial charge in [0.05, 0.1) is 0 Å². The van der Waals surface area contributed by atoms with E-state index in [2.05, 4.69) is 0 Å². The predicted octanol–water partition coefficient (Wildman–Crippen LogP) is 6.12. The molecule has 0 fully saturated rings. The third-order valence-electron chi connectivity index (χ3n) is 4.13. The molecule has 4 heteroatoms. The van der Waals surface area contributed by atoms with Crippen LogP contribution in [0.3, 0.4) is 0 Å². The molecule has 25 heavy (non-hydrogen) atoms. The lowest BCUT2D eigenvalue weighted by Gasteiger charge is -2.10. The van der Waals surface area contributed by atoms with E-state index in [4.69, 9.17) is 0 Å². The summed E-state index contributed by atoms with van der Waals surface area (Å²) in [7, 11) is 0. The molecule has 0 N–H and O–H groups in total. The maximum atomic E-state index is 14.2. The lowest BCUT2D eigenvalue weighted by Crippen LogP contribution is -1.98. The van der Waals surface area contributed by atoms with Gasteiger partial charge in [-0.15, -0.1) is 0 Å². The number of aryl methyl sites for hydroxylation is 2. The molecule has 0 nitrogen and oxygen atoms in total. The normalized spacial score (nSPS) is 11.0. The molecule has 3 rings (SSSR count). The minimum absolute atomic E-state index is 0.148. The Labute approximate surface area is 143 Å². The highest BCUT2D eigenvalue weighted by Crippen LogP contribution is 2.28. The maximum absolute atomic E-state index is 14.2. The van der Waals surface area contributed by atoms with E-state index in [1.807, 2.05) is 19.1 Å². The summed E-state index contributed by atoms with van der Waals surface area (Å²) >= 11 is 0. The van der Waals surface area contributed by atoms with Gasteiger partial charge < -0.3 is 0 Å². The molecule has 0 unspecified atom stereocenters. The van der Waals surface area contributed by atoms with Gasteiger partial charge in [0.15, 0.2) is 23.3 Å². The fraction of sp³-hybridized carbons (Fsp3) is 0.143. The van der Waals surface area contributed by atoms with Crippen LogP contribution in [-0.4, -0.2) is 0 Å². The van der Waals surface area contributed by atoms with E-state index in [0.29, 0.717) is 16.7 Å². The molecule has 0 heterocycles. The van der Waals surface area contributed by atoms with Crippen molar-refractivity contribution in [2.75, 3.05) is 0 Å². The predicted molar refractivity (Wildman–Crippen MR) is 90.4 cm³/mol. The molecule has 0 radical (unpaired) electrons. The van der Waals surface area contributed by atoms with Crippen molar-refractivity contribution < 1.29 is 17.6 Å². The molecule has 0 bridgehead atoms. The summed E-state index contributed by atoms with van der Waals surface area (Å²) < 4.78 is 55.2. The zero-order valence-corrected chi connectivity index (χ0v) is 13.8. The standard InChI is InChI=1S/C21H16F4/c1-12-3-5-16(6-4-12)17-9-15(11-19(23)21(17)25)8-14-7-13(2)20(24)18(22)10-14/h3-7,9-11H,8H2,1-2H3. The molecular formula is C21H16F4. The van der Waals surface area contributed by atoms with Crippen LogP contribution in [0.25, 0.3) is 11.1 Å². The molecule has 128 valence electrons. The van der Waals surface area contributed by atoms with Crippen molar-refractivity contribution in [2.45, 2.75) is 20.3 Å². The first-order valence-electron chi connectivity index (χ1n) is 7.84. The van der Waals surface area contributed by atoms with Crippen LogP contribution in [-0.2, 0) is 6.42 Å². The largest absolute Gasteiger partial charge is 0.204 e. The number of halogens is 4. The van der Waals surface area contributed by atoms with E-state index >= 15 is 0 Å². The lowest BCUT2D eigenvalue weighted by molar-refractivity contribution is 0.501. The summed E-state index contributed by atoms with van der Waals surface area (Å²) in [5.41, 5.74) is 2.88. The van der Waals surface area contributed by atoms with Gasteiger partial charge in [-0.05, 0) is 60.7 Å². The molecule has 0 aliphatic rings. The average molecular weight is 344 g/mol. The second kappa shape index (κ2) is 6.71. The van der Waals surface area contributed by atoms with Crippen molar-refractivity contribution in [3.63, 3.8) is 0 Å². The number of rotatable bonds is 3. The Kier molecular flexibility index (Phi) is 4.62. The van der Waals surface area contributed by atoms with Crippen LogP contribution in [0.1, 0.15) is 22.3 Å². The molecule has 0 aromatic heterocycles. The van der Waals surface area contributed by atoms with Crippen molar-refractivity contribution in [3.8, 4) is 11.1 Å². The zero-order valence-electron chi connectivity index (χ0n) is 13.8. The molecule has 3 aromatic carbocycles. The third-order valence-corrected chi connectivity index (χ3v) is 4.13. The van der Waals surface area contributed by atoms with Gasteiger partial charge in [0.1, 0.15) is 0 Å². The van der Waals surface area contributed by atoms with Crippen LogP contribution in [0.5, 0.6) is 0 Å². The van der Waals surface area contributed by atoms with E-state index in [1.54, 1.807) is 18.2 Å². The maximum Gasteiger partial charge on any atom is 0.166 e. The molecular weight excluding hydrogens is 328 g/mol. The summed E-state index contributed by atoms with van der Waals surface area (Å²) in [6, 6.07) is 12.3. The quantitative estimate of drug-likeness (QED) is 0.502. The van der Waals surface area contributed by atoms with Gasteiger partial charge in [-0.2, -0.15) is 0 Å². The van der Waals surface area contributed by atoms with Crippen LogP contribution < -0.4 is 0 Å². The SMILES string of the molecule is Cc1ccc(-c2cc(Cc3cc(C)c(F)c(F)c3)cc(F)c2F)cc1. The van der Waals surface area contributed by atoms with E-state index in [0.717, 1.165) is 17.7 Å². The fourth-order valence-corrected chi connectivity index (χ4v) is 2.83. The Morgan fingerprint density at radius 1 is 0.680 bits per heavy atom. The first kappa shape index (κ1) is 17.2. The smallest absolute Gasteiger partial charge is 0.166 e. The summed E-state index contributed by atoms with van der Waals surface area (Å²) in [4.78, 5) is 0. The van der Waals surface area contributed by atoms with Gasteiger partial charge in [-0.1, -0.05) is 35.9 Å². The minimum Gasteiger partial charge on any atom is -0.204 e. The molecule has 0 saturated heterocycles. The molecule has 0 atom stereocenters. The Morgan fingerprint density at radius 2 is 1.24 bits per heavy atom. The van der Waals surface area contributed by atoms with E-state index in [-0.39, 0.29) is 17.5 Å². The van der Waals surface area contributed by atoms with Crippen molar-refractivity contribution in [2.24, 2.45) is 0 Å². The average Bonchev–Trinajstić information content (AvgIpc) is 2.56. The van der Waals surface area contributed by atoms with Gasteiger partial charge in [-0.25, -0.2) is 17.6 Å². The van der Waals surface area contributed by atoms with Gasteiger partial charge in [0.25, 0.3) is 0 Å². The third kappa shape index (κ3) is 3.58. The van der Waals surface area contributed by atoms with Gasteiger partial charge in [0.2, 0.25) is 0 Å². The molecule has 0 aliphatic heterocycles. The van der Waals surface area contributed by atoms with Gasteiger partial charge in [-0.3, -0.25) is 0 Å². The van der Waals surface area contributed by atoms with Crippen LogP contribution in [0.4, 0.5) is 17.6 Å². The lowest BCUT2D eigenvalue weighted by atomic mass is 9.97. The molecule has 0 spiro atoms. The molecule has 0 amide bonds. The molecule has 3 aromatic rings. The highest BCUT2D eigenvalue weighted by molar-refractivity contribution is 5.65. The van der Waals surface area contributed by atoms with Gasteiger partial charge in [0, 0.05) is 5.56 Å². The summed E-state index contributed by atoms with van der Waals surface area (Å²) in [6.07, 6.45) is 0.175. The highest BCUT2D eigenvalue weighted by atomic mass is 19.2. The van der Waals surface area contributed by atoms with Crippen LogP contribution in [0, 0.1) is 37.1 Å². The first-order valence-corrected chi connectivity index (χ1v) is 7.84. The Bertz CT molecular complexity index is 904. The minimum atomic E-state index is -0.965. The number of hydrogen-bond donors (Lipinski definition) is 0. The van der Waals surface area contributed by atoms with Crippen molar-refractivity contribution in [1.82, 2.24) is 0 Å². The Morgan fingerprint density at radius 3 is 1.84 bits per heavy atom. The summed E-state index contributed by atoms with van der Waals surface area (Å²) in [5.74, 6) is -3.73. The van der Waals surface area contributed by atoms with Crippen LogP contribution in [0.15, 0.2) is 48.5 Å².